The Bertz CT molecular complexity index is 555. The van der Waals surface area contributed by atoms with Crippen LogP contribution in [0.3, 0.4) is 0 Å². The lowest BCUT2D eigenvalue weighted by atomic mass is 10.1. The smallest absolute Gasteiger partial charge is 0.412 e. The number of ether oxygens (including phenoxy) is 1. The maximum Gasteiger partial charge on any atom is 0.412 e. The predicted octanol–water partition coefficient (Wildman–Crippen LogP) is 4.41. The summed E-state index contributed by atoms with van der Waals surface area (Å²) in [6.07, 6.45) is -4.40. The van der Waals surface area contributed by atoms with Crippen LogP contribution in [0.4, 0.5) is 18.9 Å². The van der Waals surface area contributed by atoms with Crippen molar-refractivity contribution in [2.45, 2.75) is 12.2 Å². The van der Waals surface area contributed by atoms with E-state index in [9.17, 15) is 13.2 Å². The molecule has 0 saturated heterocycles. The molecule has 0 radical (unpaired) electrons. The van der Waals surface area contributed by atoms with Gasteiger partial charge in [-0.3, -0.25) is 0 Å². The van der Waals surface area contributed by atoms with Crippen molar-refractivity contribution in [2.24, 2.45) is 0 Å². The number of nitrogens with one attached hydrogen (secondary N) is 1. The summed E-state index contributed by atoms with van der Waals surface area (Å²) < 4.78 is 44.7. The van der Waals surface area contributed by atoms with E-state index < -0.39 is 12.2 Å². The van der Waals surface area contributed by atoms with Crippen LogP contribution in [0.15, 0.2) is 54.6 Å². The average molecular weight is 281 g/mol. The number of anilines is 1. The Morgan fingerprint density at radius 2 is 1.55 bits per heavy atom. The maximum atomic E-state index is 13.2. The first-order chi connectivity index (χ1) is 9.52. The fourth-order valence-corrected chi connectivity index (χ4v) is 1.92. The first-order valence-electron chi connectivity index (χ1n) is 6.03. The van der Waals surface area contributed by atoms with Crippen LogP contribution in [-0.4, -0.2) is 13.3 Å². The molecule has 2 aromatic carbocycles. The van der Waals surface area contributed by atoms with Crippen LogP contribution in [0, 0.1) is 0 Å². The van der Waals surface area contributed by atoms with E-state index in [1.165, 1.54) is 19.2 Å². The van der Waals surface area contributed by atoms with E-state index in [2.05, 4.69) is 5.32 Å². The minimum atomic E-state index is -4.40. The molecule has 5 heteroatoms. The molecule has 1 N–H and O–H groups in total. The van der Waals surface area contributed by atoms with Crippen LogP contribution in [0.5, 0.6) is 5.75 Å². The number of rotatable bonds is 4. The Hall–Kier alpha value is -2.17. The molecular weight excluding hydrogens is 267 g/mol. The van der Waals surface area contributed by atoms with Gasteiger partial charge in [0.1, 0.15) is 11.8 Å². The standard InChI is InChI=1S/C15H14F3NO/c1-20-13-10-6-5-9-12(13)19-14(15(16,17)18)11-7-3-2-4-8-11/h2-10,14,19H,1H3. The lowest BCUT2D eigenvalue weighted by Gasteiger charge is -2.24. The minimum Gasteiger partial charge on any atom is -0.495 e. The highest BCUT2D eigenvalue weighted by atomic mass is 19.4. The largest absolute Gasteiger partial charge is 0.495 e. The van der Waals surface area contributed by atoms with Crippen LogP contribution in [-0.2, 0) is 0 Å². The molecule has 1 atom stereocenters. The van der Waals surface area contributed by atoms with Crippen molar-refractivity contribution in [2.75, 3.05) is 12.4 Å². The number of benzene rings is 2. The molecular formula is C15H14F3NO. The van der Waals surface area contributed by atoms with Crippen LogP contribution >= 0.6 is 0 Å². The van der Waals surface area contributed by atoms with E-state index in [0.29, 0.717) is 11.4 Å². The molecule has 0 aliphatic carbocycles. The van der Waals surface area contributed by atoms with E-state index in [1.807, 2.05) is 0 Å². The Kier molecular flexibility index (Phi) is 4.17. The summed E-state index contributed by atoms with van der Waals surface area (Å²) in [5, 5.41) is 2.50. The molecule has 1 unspecified atom stereocenters. The predicted molar refractivity (Wildman–Crippen MR) is 71.9 cm³/mol. The molecule has 0 heterocycles. The van der Waals surface area contributed by atoms with Crippen LogP contribution in [0.2, 0.25) is 0 Å². The van der Waals surface area contributed by atoms with Gasteiger partial charge in [-0.1, -0.05) is 42.5 Å². The van der Waals surface area contributed by atoms with Gasteiger partial charge in [-0.15, -0.1) is 0 Å². The number of alkyl halides is 3. The fraction of sp³-hybridized carbons (Fsp3) is 0.200. The number of halogens is 3. The van der Waals surface area contributed by atoms with Crippen LogP contribution in [0.25, 0.3) is 0 Å². The summed E-state index contributed by atoms with van der Waals surface area (Å²) in [6, 6.07) is 12.5. The Morgan fingerprint density at radius 3 is 2.15 bits per heavy atom. The molecule has 2 rings (SSSR count). The topological polar surface area (TPSA) is 21.3 Å². The average Bonchev–Trinajstić information content (AvgIpc) is 2.45. The summed E-state index contributed by atoms with van der Waals surface area (Å²) in [4.78, 5) is 0. The normalized spacial score (nSPS) is 12.8. The molecule has 0 fully saturated rings. The highest BCUT2D eigenvalue weighted by Gasteiger charge is 2.41. The third-order valence-electron chi connectivity index (χ3n) is 2.87. The molecule has 0 aliphatic rings. The van der Waals surface area contributed by atoms with Crippen LogP contribution < -0.4 is 10.1 Å². The molecule has 0 spiro atoms. The zero-order valence-corrected chi connectivity index (χ0v) is 10.8. The van der Waals surface area contributed by atoms with Gasteiger partial charge in [0.25, 0.3) is 0 Å². The van der Waals surface area contributed by atoms with Gasteiger partial charge in [-0.2, -0.15) is 13.2 Å². The van der Waals surface area contributed by atoms with Gasteiger partial charge in [0.15, 0.2) is 0 Å². The zero-order valence-electron chi connectivity index (χ0n) is 10.8. The molecule has 0 bridgehead atoms. The number of hydrogen-bond donors (Lipinski definition) is 1. The van der Waals surface area contributed by atoms with Crippen molar-refractivity contribution in [3.63, 3.8) is 0 Å². The summed E-state index contributed by atoms with van der Waals surface area (Å²) in [5.41, 5.74) is 0.465. The molecule has 0 saturated carbocycles. The Balaban J connectivity index is 2.34. The number of hydrogen-bond acceptors (Lipinski definition) is 2. The van der Waals surface area contributed by atoms with Crippen molar-refractivity contribution in [3.8, 4) is 5.75 Å². The first kappa shape index (κ1) is 14.2. The van der Waals surface area contributed by atoms with Crippen molar-refractivity contribution >= 4 is 5.69 Å². The van der Waals surface area contributed by atoms with Crippen molar-refractivity contribution < 1.29 is 17.9 Å². The van der Waals surface area contributed by atoms with E-state index in [4.69, 9.17) is 4.74 Å². The van der Waals surface area contributed by atoms with E-state index >= 15 is 0 Å². The van der Waals surface area contributed by atoms with Gasteiger partial charge in [0, 0.05) is 0 Å². The maximum absolute atomic E-state index is 13.2. The second kappa shape index (κ2) is 5.86. The highest BCUT2D eigenvalue weighted by molar-refractivity contribution is 5.57. The van der Waals surface area contributed by atoms with Crippen molar-refractivity contribution in [1.29, 1.82) is 0 Å². The molecule has 0 amide bonds. The SMILES string of the molecule is COc1ccccc1NC(c1ccccc1)C(F)(F)F. The number of methoxy groups -OCH3 is 1. The molecule has 20 heavy (non-hydrogen) atoms. The van der Waals surface area contributed by atoms with Crippen molar-refractivity contribution in [3.05, 3.63) is 60.2 Å². The molecule has 2 aromatic rings. The second-order valence-electron chi connectivity index (χ2n) is 4.23. The summed E-state index contributed by atoms with van der Waals surface area (Å²) >= 11 is 0. The quantitative estimate of drug-likeness (QED) is 0.896. The fourth-order valence-electron chi connectivity index (χ4n) is 1.92. The summed E-state index contributed by atoms with van der Waals surface area (Å²) in [5.74, 6) is 0.373. The molecule has 0 aromatic heterocycles. The van der Waals surface area contributed by atoms with Gasteiger partial charge in [0.2, 0.25) is 0 Å². The van der Waals surface area contributed by atoms with Crippen LogP contribution in [0.1, 0.15) is 11.6 Å². The van der Waals surface area contributed by atoms with Gasteiger partial charge in [0.05, 0.1) is 12.8 Å². The lowest BCUT2D eigenvalue weighted by Crippen LogP contribution is -2.28. The number of para-hydroxylation sites is 2. The second-order valence-corrected chi connectivity index (χ2v) is 4.23. The highest BCUT2D eigenvalue weighted by Crippen LogP contribution is 2.37. The Labute approximate surface area is 115 Å². The van der Waals surface area contributed by atoms with E-state index in [0.717, 1.165) is 0 Å². The summed E-state index contributed by atoms with van der Waals surface area (Å²) in [7, 11) is 1.42. The first-order valence-corrected chi connectivity index (χ1v) is 6.03. The van der Waals surface area contributed by atoms with E-state index in [-0.39, 0.29) is 5.56 Å². The Morgan fingerprint density at radius 1 is 0.950 bits per heavy atom. The lowest BCUT2D eigenvalue weighted by molar-refractivity contribution is -0.144. The van der Waals surface area contributed by atoms with Gasteiger partial charge < -0.3 is 10.1 Å². The summed E-state index contributed by atoms with van der Waals surface area (Å²) in [6.45, 7) is 0. The van der Waals surface area contributed by atoms with Gasteiger partial charge >= 0.3 is 6.18 Å². The third kappa shape index (κ3) is 3.23. The van der Waals surface area contributed by atoms with Crippen molar-refractivity contribution in [1.82, 2.24) is 0 Å². The monoisotopic (exact) mass is 281 g/mol. The van der Waals surface area contributed by atoms with Gasteiger partial charge in [-0.25, -0.2) is 0 Å². The van der Waals surface area contributed by atoms with E-state index in [1.54, 1.807) is 42.5 Å². The molecule has 106 valence electrons. The van der Waals surface area contributed by atoms with Gasteiger partial charge in [-0.05, 0) is 17.7 Å². The molecule has 2 nitrogen and oxygen atoms in total. The minimum absolute atomic E-state index is 0.158. The molecule has 0 aliphatic heterocycles. The third-order valence-corrected chi connectivity index (χ3v) is 2.87. The zero-order chi connectivity index (χ0) is 14.6.